The number of carbonyl (C=O) groups is 1. The van der Waals surface area contributed by atoms with E-state index in [9.17, 15) is 9.59 Å². The molecule has 122 valence electrons. The lowest BCUT2D eigenvalue weighted by Gasteiger charge is -2.27. The Morgan fingerprint density at radius 1 is 1.30 bits per heavy atom. The minimum Gasteiger partial charge on any atom is -0.440 e. The third kappa shape index (κ3) is 3.20. The highest BCUT2D eigenvalue weighted by molar-refractivity contribution is 14.1. The lowest BCUT2D eigenvalue weighted by atomic mass is 10.1. The molecule has 1 aromatic carbocycles. The van der Waals surface area contributed by atoms with E-state index >= 15 is 0 Å². The number of carbonyl (C=O) groups excluding carboxylic acids is 1. The number of nitrogens with zero attached hydrogens (tertiary/aromatic N) is 1. The summed E-state index contributed by atoms with van der Waals surface area (Å²) in [6, 6.07) is 3.20. The van der Waals surface area contributed by atoms with Crippen LogP contribution in [-0.4, -0.2) is 32.3 Å². The van der Waals surface area contributed by atoms with Crippen LogP contribution in [0.3, 0.4) is 0 Å². The second kappa shape index (κ2) is 6.48. The summed E-state index contributed by atoms with van der Waals surface area (Å²) in [6.45, 7) is 5.69. The van der Waals surface area contributed by atoms with Crippen LogP contribution in [0, 0.1) is 10.5 Å². The largest absolute Gasteiger partial charge is 0.440 e. The Morgan fingerprint density at radius 3 is 2.65 bits per heavy atom. The zero-order valence-electron chi connectivity index (χ0n) is 12.8. The molecule has 1 aromatic heterocycles. The average molecular weight is 429 g/mol. The molecule has 1 fully saturated rings. The number of ether oxygens (including phenoxy) is 2. The minimum absolute atomic E-state index is 0.108. The highest BCUT2D eigenvalue weighted by Crippen LogP contribution is 2.33. The van der Waals surface area contributed by atoms with E-state index in [-0.39, 0.29) is 5.43 Å². The maximum atomic E-state index is 12.5. The Labute approximate surface area is 146 Å². The molecule has 0 N–H and O–H groups in total. The number of esters is 1. The summed E-state index contributed by atoms with van der Waals surface area (Å²) in [5.74, 6) is 0.550. The van der Waals surface area contributed by atoms with E-state index in [2.05, 4.69) is 22.6 Å². The molecule has 2 aromatic rings. The Hall–Kier alpha value is -1.61. The summed E-state index contributed by atoms with van der Waals surface area (Å²) in [6.07, 6.45) is 0. The van der Waals surface area contributed by atoms with Crippen molar-refractivity contribution >= 4 is 45.4 Å². The zero-order valence-corrected chi connectivity index (χ0v) is 15.0. The molecule has 2 heterocycles. The summed E-state index contributed by atoms with van der Waals surface area (Å²) >= 11 is 2.05. The number of morpholine rings is 1. The normalized spacial score (nSPS) is 15.0. The maximum Gasteiger partial charge on any atom is 0.308 e. The first-order chi connectivity index (χ1) is 11.0. The topological polar surface area (TPSA) is 69.0 Å². The summed E-state index contributed by atoms with van der Waals surface area (Å²) < 4.78 is 17.3. The standard InChI is InChI=1S/C16H16INO5/c1-9-15-11(7-12(17)16(9)22-10(2)19)13(20)8-14(23-15)18-3-5-21-6-4-18/h7-8H,3-6H2,1-2H3. The first kappa shape index (κ1) is 16.3. The lowest BCUT2D eigenvalue weighted by molar-refractivity contribution is -0.131. The van der Waals surface area contributed by atoms with Gasteiger partial charge in [0, 0.05) is 31.6 Å². The summed E-state index contributed by atoms with van der Waals surface area (Å²) in [5.41, 5.74) is 0.994. The first-order valence-corrected chi connectivity index (χ1v) is 8.33. The number of fused-ring (bicyclic) bond motifs is 1. The third-order valence-corrected chi connectivity index (χ3v) is 4.51. The number of aryl methyl sites for hydroxylation is 1. The van der Waals surface area contributed by atoms with Crippen molar-refractivity contribution in [1.82, 2.24) is 0 Å². The van der Waals surface area contributed by atoms with Crippen LogP contribution in [0.5, 0.6) is 5.75 Å². The van der Waals surface area contributed by atoms with E-state index in [0.29, 0.717) is 58.0 Å². The van der Waals surface area contributed by atoms with Crippen LogP contribution in [-0.2, 0) is 9.53 Å². The molecule has 1 aliphatic heterocycles. The van der Waals surface area contributed by atoms with Gasteiger partial charge in [0.05, 0.1) is 22.2 Å². The number of rotatable bonds is 2. The molecular weight excluding hydrogens is 413 g/mol. The van der Waals surface area contributed by atoms with Crippen molar-refractivity contribution in [2.75, 3.05) is 31.2 Å². The molecule has 0 bridgehead atoms. The van der Waals surface area contributed by atoms with Crippen LogP contribution in [0.25, 0.3) is 11.0 Å². The van der Waals surface area contributed by atoms with Crippen LogP contribution in [0.15, 0.2) is 21.3 Å². The molecule has 1 saturated heterocycles. The van der Waals surface area contributed by atoms with Gasteiger partial charge in [0.25, 0.3) is 0 Å². The number of hydrogen-bond acceptors (Lipinski definition) is 6. The summed E-state index contributed by atoms with van der Waals surface area (Å²) in [7, 11) is 0. The van der Waals surface area contributed by atoms with Crippen molar-refractivity contribution in [1.29, 1.82) is 0 Å². The predicted octanol–water partition coefficient (Wildman–Crippen LogP) is 2.47. The number of benzene rings is 1. The monoisotopic (exact) mass is 429 g/mol. The van der Waals surface area contributed by atoms with Gasteiger partial charge in [-0.05, 0) is 35.6 Å². The fourth-order valence-electron chi connectivity index (χ4n) is 2.59. The molecule has 0 atom stereocenters. The summed E-state index contributed by atoms with van der Waals surface area (Å²) in [5, 5.41) is 0.486. The molecule has 0 amide bonds. The number of halogens is 1. The van der Waals surface area contributed by atoms with Gasteiger partial charge < -0.3 is 18.8 Å². The van der Waals surface area contributed by atoms with E-state index in [1.165, 1.54) is 13.0 Å². The molecule has 23 heavy (non-hydrogen) atoms. The predicted molar refractivity (Wildman–Crippen MR) is 94.3 cm³/mol. The van der Waals surface area contributed by atoms with E-state index < -0.39 is 5.97 Å². The van der Waals surface area contributed by atoms with Gasteiger partial charge in [0.15, 0.2) is 17.1 Å². The van der Waals surface area contributed by atoms with Gasteiger partial charge in [-0.2, -0.15) is 0 Å². The van der Waals surface area contributed by atoms with Gasteiger partial charge in [-0.1, -0.05) is 0 Å². The number of anilines is 1. The van der Waals surface area contributed by atoms with E-state index in [4.69, 9.17) is 13.9 Å². The SMILES string of the molecule is CC(=O)Oc1c(I)cc2c(=O)cc(N3CCOCC3)oc2c1C. The zero-order chi connectivity index (χ0) is 16.6. The molecule has 0 spiro atoms. The Kier molecular flexibility index (Phi) is 4.58. The maximum absolute atomic E-state index is 12.5. The van der Waals surface area contributed by atoms with Crippen LogP contribution in [0.2, 0.25) is 0 Å². The van der Waals surface area contributed by atoms with Gasteiger partial charge in [0.2, 0.25) is 0 Å². The lowest BCUT2D eigenvalue weighted by Crippen LogP contribution is -2.36. The quantitative estimate of drug-likeness (QED) is 0.415. The summed E-state index contributed by atoms with van der Waals surface area (Å²) in [4.78, 5) is 25.7. The molecule has 0 radical (unpaired) electrons. The molecular formula is C16H16INO5. The second-order valence-corrected chi connectivity index (χ2v) is 6.49. The molecule has 3 rings (SSSR count). The van der Waals surface area contributed by atoms with Gasteiger partial charge in [-0.25, -0.2) is 0 Å². The van der Waals surface area contributed by atoms with Gasteiger partial charge >= 0.3 is 5.97 Å². The Morgan fingerprint density at radius 2 is 2.00 bits per heavy atom. The molecule has 0 saturated carbocycles. The van der Waals surface area contributed by atoms with Gasteiger partial charge in [-0.3, -0.25) is 9.59 Å². The van der Waals surface area contributed by atoms with Crippen LogP contribution in [0.1, 0.15) is 12.5 Å². The highest BCUT2D eigenvalue weighted by Gasteiger charge is 2.19. The molecule has 6 nitrogen and oxygen atoms in total. The van der Waals surface area contributed by atoms with Gasteiger partial charge in [-0.15, -0.1) is 0 Å². The minimum atomic E-state index is -0.406. The van der Waals surface area contributed by atoms with E-state index in [0.717, 1.165) is 0 Å². The van der Waals surface area contributed by atoms with Crippen molar-refractivity contribution in [2.24, 2.45) is 0 Å². The van der Waals surface area contributed by atoms with Crippen LogP contribution >= 0.6 is 22.6 Å². The number of hydrogen-bond donors (Lipinski definition) is 0. The molecule has 1 aliphatic rings. The van der Waals surface area contributed by atoms with Crippen LogP contribution < -0.4 is 15.1 Å². The molecule has 0 aliphatic carbocycles. The third-order valence-electron chi connectivity index (χ3n) is 3.71. The average Bonchev–Trinajstić information content (AvgIpc) is 2.53. The second-order valence-electron chi connectivity index (χ2n) is 5.33. The van der Waals surface area contributed by atoms with Gasteiger partial charge in [0.1, 0.15) is 5.58 Å². The smallest absolute Gasteiger partial charge is 0.308 e. The van der Waals surface area contributed by atoms with Crippen molar-refractivity contribution < 1.29 is 18.7 Å². The Bertz CT molecular complexity index is 823. The van der Waals surface area contributed by atoms with Crippen LogP contribution in [0.4, 0.5) is 5.88 Å². The van der Waals surface area contributed by atoms with Crippen molar-refractivity contribution in [3.63, 3.8) is 0 Å². The molecule has 7 heteroatoms. The van der Waals surface area contributed by atoms with Crippen molar-refractivity contribution in [3.8, 4) is 5.75 Å². The highest BCUT2D eigenvalue weighted by atomic mass is 127. The van der Waals surface area contributed by atoms with E-state index in [1.54, 1.807) is 13.0 Å². The Balaban J connectivity index is 2.17. The first-order valence-electron chi connectivity index (χ1n) is 7.25. The van der Waals surface area contributed by atoms with Crippen molar-refractivity contribution in [3.05, 3.63) is 31.5 Å². The fraction of sp³-hybridized carbons (Fsp3) is 0.375. The van der Waals surface area contributed by atoms with E-state index in [1.807, 2.05) is 4.90 Å². The van der Waals surface area contributed by atoms with Crippen molar-refractivity contribution in [2.45, 2.75) is 13.8 Å². The fourth-order valence-corrected chi connectivity index (χ4v) is 3.42. The molecule has 0 unspecified atom stereocenters.